The summed E-state index contributed by atoms with van der Waals surface area (Å²) in [6.07, 6.45) is -3.28. The summed E-state index contributed by atoms with van der Waals surface area (Å²) in [6, 6.07) is 15.6. The van der Waals surface area contributed by atoms with E-state index in [2.05, 4.69) is 19.2 Å². The van der Waals surface area contributed by atoms with E-state index in [0.717, 1.165) is 12.0 Å². The van der Waals surface area contributed by atoms with Gasteiger partial charge in [-0.2, -0.15) is 0 Å². The molecule has 0 spiro atoms. The van der Waals surface area contributed by atoms with Gasteiger partial charge in [0.25, 0.3) is 5.69 Å². The zero-order chi connectivity index (χ0) is 39.7. The van der Waals surface area contributed by atoms with Crippen LogP contribution in [0.15, 0.2) is 54.6 Å². The van der Waals surface area contributed by atoms with E-state index in [9.17, 15) is 19.7 Å². The highest BCUT2D eigenvalue weighted by Gasteiger charge is 2.52. The number of unbranched alkanes of at least 4 members (excludes halogenated alkanes) is 2. The molecule has 1 amide bonds. The summed E-state index contributed by atoms with van der Waals surface area (Å²) in [5.74, 6) is -0.595. The second kappa shape index (κ2) is 19.3. The number of carbonyl (C=O) groups excluding carboxylic acids is 2. The average molecular weight is 773 g/mol. The first-order chi connectivity index (χ1) is 26.2. The summed E-state index contributed by atoms with van der Waals surface area (Å²) in [6.45, 7) is 13.9. The minimum Gasteiger partial charge on any atom is -0.491 e. The van der Waals surface area contributed by atoms with Gasteiger partial charge in [-0.15, -0.1) is 0 Å². The van der Waals surface area contributed by atoms with Crippen LogP contribution in [-0.2, 0) is 42.7 Å². The Morgan fingerprint density at radius 3 is 2.29 bits per heavy atom. The number of alkyl carbamates (subject to hydrolysis) is 1. The summed E-state index contributed by atoms with van der Waals surface area (Å²) >= 11 is 0. The van der Waals surface area contributed by atoms with Crippen LogP contribution < -0.4 is 10.1 Å². The van der Waals surface area contributed by atoms with Crippen LogP contribution in [0.1, 0.15) is 79.6 Å². The number of nitro groups is 1. The third-order valence-electron chi connectivity index (χ3n) is 10.0. The molecule has 1 N–H and O–H groups in total. The quantitative estimate of drug-likeness (QED) is 0.0904. The van der Waals surface area contributed by atoms with Gasteiger partial charge < -0.3 is 47.9 Å². The Bertz CT molecular complexity index is 1540. The van der Waals surface area contributed by atoms with Crippen LogP contribution in [0.25, 0.3) is 0 Å². The molecule has 3 aliphatic heterocycles. The van der Waals surface area contributed by atoms with Gasteiger partial charge in [-0.25, -0.2) is 4.79 Å². The Kier molecular flexibility index (Phi) is 14.9. The fourth-order valence-corrected chi connectivity index (χ4v) is 6.95. The van der Waals surface area contributed by atoms with Gasteiger partial charge in [-0.1, -0.05) is 51.1 Å². The Morgan fingerprint density at radius 2 is 1.62 bits per heavy atom. The summed E-state index contributed by atoms with van der Waals surface area (Å²) in [4.78, 5) is 35.1. The lowest BCUT2D eigenvalue weighted by atomic mass is 9.83. The van der Waals surface area contributed by atoms with Gasteiger partial charge in [0.2, 0.25) is 0 Å². The first kappa shape index (κ1) is 42.3. The van der Waals surface area contributed by atoms with Crippen molar-refractivity contribution in [3.05, 3.63) is 70.3 Å². The number of hydrogen-bond donors (Lipinski definition) is 1. The highest BCUT2D eigenvalue weighted by Crippen LogP contribution is 2.42. The molecule has 11 atom stereocenters. The van der Waals surface area contributed by atoms with Crippen LogP contribution >= 0.6 is 0 Å². The molecule has 2 aromatic carbocycles. The molecule has 55 heavy (non-hydrogen) atoms. The molecule has 5 unspecified atom stereocenters. The number of hydrogen-bond acceptors (Lipinski definition) is 13. The van der Waals surface area contributed by atoms with Crippen LogP contribution in [0.3, 0.4) is 0 Å². The molecule has 0 aromatic heterocycles. The van der Waals surface area contributed by atoms with E-state index in [4.69, 9.17) is 42.6 Å². The second-order valence-electron chi connectivity index (χ2n) is 15.4. The molecule has 2 aromatic rings. The highest BCUT2D eigenvalue weighted by molar-refractivity contribution is 5.67. The third kappa shape index (κ3) is 11.8. The summed E-state index contributed by atoms with van der Waals surface area (Å²) in [5.41, 5.74) is 0.306. The molecule has 0 saturated carbocycles. The number of ether oxygens (including phenoxy) is 9. The van der Waals surface area contributed by atoms with Crippen molar-refractivity contribution in [2.24, 2.45) is 17.8 Å². The lowest BCUT2D eigenvalue weighted by molar-refractivity contribution is -0.384. The van der Waals surface area contributed by atoms with Crippen molar-refractivity contribution in [3.63, 3.8) is 0 Å². The molecular formula is C40H56N2O13. The molecule has 3 saturated heterocycles. The Balaban J connectivity index is 1.25. The molecule has 5 rings (SSSR count). The Labute approximate surface area is 322 Å². The molecule has 0 bridgehead atoms. The largest absolute Gasteiger partial charge is 0.491 e. The van der Waals surface area contributed by atoms with Crippen LogP contribution in [0.4, 0.5) is 10.5 Å². The molecule has 3 heterocycles. The van der Waals surface area contributed by atoms with E-state index in [-0.39, 0.29) is 36.3 Å². The van der Waals surface area contributed by atoms with E-state index < -0.39 is 65.7 Å². The van der Waals surface area contributed by atoms with E-state index in [1.807, 2.05) is 58.0 Å². The van der Waals surface area contributed by atoms with Crippen molar-refractivity contribution in [3.8, 4) is 5.75 Å². The van der Waals surface area contributed by atoms with E-state index in [1.54, 1.807) is 0 Å². The second-order valence-corrected chi connectivity index (χ2v) is 15.4. The SMILES string of the molecule is CC(=O)OC1[C@H](OCCCCCNC(=O)OC(C)(C)C)OC(COc2ccc([N+](=O)[O-])cc2)[C@@H](O[C@@H]2OC3COC(c4ccccc4)O[C@@H]3[C@H](C)C2C)[C@@H]1C. The number of nitrogens with zero attached hydrogens (tertiary/aromatic N) is 1. The molecule has 3 aliphatic rings. The van der Waals surface area contributed by atoms with Crippen LogP contribution in [0.2, 0.25) is 0 Å². The minimum absolute atomic E-state index is 0.00346. The first-order valence-electron chi connectivity index (χ1n) is 19.1. The monoisotopic (exact) mass is 772 g/mol. The molecule has 15 heteroatoms. The normalized spacial score (nSPS) is 30.8. The van der Waals surface area contributed by atoms with Gasteiger partial charge in [-0.05, 0) is 58.1 Å². The van der Waals surface area contributed by atoms with Crippen LogP contribution in [0.5, 0.6) is 5.75 Å². The van der Waals surface area contributed by atoms with Crippen molar-refractivity contribution in [2.45, 2.75) is 123 Å². The highest BCUT2D eigenvalue weighted by atomic mass is 16.8. The standard InChI is InChI=1S/C40H56N2O13/c1-24-25(2)36(51-32-23-49-37(54-33(24)32)28-14-10-8-11-15-28)53-34-26(3)35(50-27(4)43)38(47-21-13-9-12-20-41-39(44)55-40(5,6)7)52-31(34)22-48-30-18-16-29(17-19-30)42(45)46/h8,10-11,14-19,24-26,31-38H,9,12-13,20-23H2,1-7H3,(H,41,44)/t24-,25?,26+,31?,32?,33-,34+,35?,36+,37?,38-/m1/s1. The fourth-order valence-electron chi connectivity index (χ4n) is 6.95. The van der Waals surface area contributed by atoms with Gasteiger partial charge in [0.1, 0.15) is 30.2 Å². The predicted octanol–water partition coefficient (Wildman–Crippen LogP) is 6.47. The maximum atomic E-state index is 12.4. The van der Waals surface area contributed by atoms with Gasteiger partial charge >= 0.3 is 12.1 Å². The zero-order valence-corrected chi connectivity index (χ0v) is 32.8. The first-order valence-corrected chi connectivity index (χ1v) is 19.1. The number of esters is 1. The molecule has 3 fully saturated rings. The number of amides is 1. The predicted molar refractivity (Wildman–Crippen MR) is 198 cm³/mol. The smallest absolute Gasteiger partial charge is 0.407 e. The van der Waals surface area contributed by atoms with Crippen molar-refractivity contribution in [1.29, 1.82) is 0 Å². The van der Waals surface area contributed by atoms with E-state index in [1.165, 1.54) is 31.2 Å². The number of carbonyl (C=O) groups is 2. The Morgan fingerprint density at radius 1 is 0.891 bits per heavy atom. The molecular weight excluding hydrogens is 716 g/mol. The lowest BCUT2D eigenvalue weighted by Crippen LogP contribution is -2.61. The number of benzene rings is 2. The number of fused-ring (bicyclic) bond motifs is 1. The molecule has 15 nitrogen and oxygen atoms in total. The maximum absolute atomic E-state index is 12.4. The summed E-state index contributed by atoms with van der Waals surface area (Å²) in [7, 11) is 0. The average Bonchev–Trinajstić information content (AvgIpc) is 3.14. The maximum Gasteiger partial charge on any atom is 0.407 e. The zero-order valence-electron chi connectivity index (χ0n) is 32.8. The minimum atomic E-state index is -0.938. The van der Waals surface area contributed by atoms with Crippen LogP contribution in [0, 0.1) is 27.9 Å². The fraction of sp³-hybridized carbons (Fsp3) is 0.650. The summed E-state index contributed by atoms with van der Waals surface area (Å²) in [5, 5.41) is 14.0. The van der Waals surface area contributed by atoms with Crippen molar-refractivity contribution in [1.82, 2.24) is 5.32 Å². The van der Waals surface area contributed by atoms with Gasteiger partial charge in [0, 0.05) is 49.6 Å². The number of nitrogens with one attached hydrogen (secondary N) is 1. The van der Waals surface area contributed by atoms with E-state index in [0.29, 0.717) is 38.3 Å². The number of rotatable bonds is 15. The van der Waals surface area contributed by atoms with Gasteiger partial charge in [0.05, 0.1) is 23.7 Å². The van der Waals surface area contributed by atoms with E-state index >= 15 is 0 Å². The van der Waals surface area contributed by atoms with Crippen molar-refractivity contribution < 1.29 is 57.1 Å². The molecule has 0 radical (unpaired) electrons. The Hall–Kier alpha value is -3.86. The van der Waals surface area contributed by atoms with Crippen LogP contribution in [-0.4, -0.2) is 92.1 Å². The van der Waals surface area contributed by atoms with Crippen molar-refractivity contribution >= 4 is 17.7 Å². The molecule has 304 valence electrons. The third-order valence-corrected chi connectivity index (χ3v) is 10.0. The van der Waals surface area contributed by atoms with Crippen molar-refractivity contribution in [2.75, 3.05) is 26.4 Å². The topological polar surface area (TPSA) is 172 Å². The van der Waals surface area contributed by atoms with Gasteiger partial charge in [-0.3, -0.25) is 14.9 Å². The number of nitro benzene ring substituents is 1. The number of non-ortho nitro benzene ring substituents is 1. The van der Waals surface area contributed by atoms with Gasteiger partial charge in [0.15, 0.2) is 25.0 Å². The molecule has 0 aliphatic carbocycles. The lowest BCUT2D eigenvalue weighted by Gasteiger charge is -2.50. The summed E-state index contributed by atoms with van der Waals surface area (Å²) < 4.78 is 55.8.